The van der Waals surface area contributed by atoms with Crippen molar-refractivity contribution in [2.24, 2.45) is 0 Å². The highest BCUT2D eigenvalue weighted by atomic mass is 32.1. The zero-order chi connectivity index (χ0) is 13.9. The summed E-state index contributed by atoms with van der Waals surface area (Å²) in [6, 6.07) is 1.34. The molecule has 1 aromatic rings. The summed E-state index contributed by atoms with van der Waals surface area (Å²) < 4.78 is 0. The molecule has 0 bridgehead atoms. The van der Waals surface area contributed by atoms with Crippen LogP contribution in [-0.4, -0.2) is 48.1 Å². The summed E-state index contributed by atoms with van der Waals surface area (Å²) in [6.45, 7) is 10.0. The maximum absolute atomic E-state index is 4.82. The smallest absolute Gasteiger partial charge is 0.185 e. The molecule has 0 saturated carbocycles. The zero-order valence-electron chi connectivity index (χ0n) is 12.6. The second-order valence-corrected chi connectivity index (χ2v) is 6.88. The van der Waals surface area contributed by atoms with Crippen molar-refractivity contribution in [3.63, 3.8) is 0 Å². The summed E-state index contributed by atoms with van der Waals surface area (Å²) in [4.78, 5) is 10.0. The average molecular weight is 294 g/mol. The molecule has 0 aliphatic carbocycles. The van der Waals surface area contributed by atoms with E-state index in [9.17, 15) is 0 Å². The van der Waals surface area contributed by atoms with Gasteiger partial charge in [0.2, 0.25) is 0 Å². The molecule has 1 aromatic heterocycles. The van der Waals surface area contributed by atoms with E-state index in [-0.39, 0.29) is 0 Å². The van der Waals surface area contributed by atoms with Crippen LogP contribution >= 0.6 is 11.3 Å². The Bertz CT molecular complexity index is 433. The molecule has 4 nitrogen and oxygen atoms in total. The van der Waals surface area contributed by atoms with Gasteiger partial charge in [-0.2, -0.15) is 0 Å². The first-order valence-corrected chi connectivity index (χ1v) is 8.81. The number of hydrogen-bond acceptors (Lipinski definition) is 5. The third-order valence-corrected chi connectivity index (χ3v) is 5.46. The molecular formula is C15H26N4S. The average Bonchev–Trinajstić information content (AvgIpc) is 2.93. The Morgan fingerprint density at radius 2 is 2.30 bits per heavy atom. The van der Waals surface area contributed by atoms with Gasteiger partial charge in [-0.25, -0.2) is 4.98 Å². The van der Waals surface area contributed by atoms with Crippen molar-refractivity contribution in [1.82, 2.24) is 15.2 Å². The Kier molecular flexibility index (Phi) is 4.58. The topological polar surface area (TPSA) is 31.4 Å². The molecule has 5 heteroatoms. The molecule has 20 heavy (non-hydrogen) atoms. The van der Waals surface area contributed by atoms with Gasteiger partial charge in [0.15, 0.2) is 5.13 Å². The number of nitrogens with zero attached hydrogens (tertiary/aromatic N) is 3. The summed E-state index contributed by atoms with van der Waals surface area (Å²) in [5.41, 5.74) is 1.19. The Balaban J connectivity index is 1.67. The molecule has 0 amide bonds. The largest absolute Gasteiger partial charge is 0.343 e. The number of thiazole rings is 1. The third-order valence-electron chi connectivity index (χ3n) is 4.53. The summed E-state index contributed by atoms with van der Waals surface area (Å²) in [7, 11) is 0. The minimum atomic E-state index is 0.586. The Morgan fingerprint density at radius 3 is 3.15 bits per heavy atom. The highest BCUT2D eigenvalue weighted by Crippen LogP contribution is 2.30. The monoisotopic (exact) mass is 294 g/mol. The Labute approximate surface area is 126 Å². The van der Waals surface area contributed by atoms with Crippen molar-refractivity contribution in [3.8, 4) is 0 Å². The van der Waals surface area contributed by atoms with Crippen molar-refractivity contribution in [2.45, 2.75) is 51.7 Å². The van der Waals surface area contributed by atoms with Crippen LogP contribution in [0.2, 0.25) is 0 Å². The predicted molar refractivity (Wildman–Crippen MR) is 85.5 cm³/mol. The van der Waals surface area contributed by atoms with Crippen molar-refractivity contribution in [3.05, 3.63) is 11.1 Å². The van der Waals surface area contributed by atoms with Crippen LogP contribution in [0.1, 0.15) is 38.8 Å². The van der Waals surface area contributed by atoms with Gasteiger partial charge in [0.1, 0.15) is 0 Å². The second-order valence-electron chi connectivity index (χ2n) is 6.05. The molecule has 2 fully saturated rings. The first-order chi connectivity index (χ1) is 9.78. The Hall–Kier alpha value is -0.650. The normalized spacial score (nSPS) is 27.6. The van der Waals surface area contributed by atoms with Crippen molar-refractivity contribution in [1.29, 1.82) is 0 Å². The summed E-state index contributed by atoms with van der Waals surface area (Å²) in [5, 5.41) is 6.78. The van der Waals surface area contributed by atoms with Crippen LogP contribution in [0, 0.1) is 0 Å². The lowest BCUT2D eigenvalue weighted by molar-refractivity contribution is 0.115. The van der Waals surface area contributed by atoms with E-state index < -0.39 is 0 Å². The van der Waals surface area contributed by atoms with Gasteiger partial charge in [-0.05, 0) is 32.9 Å². The molecule has 112 valence electrons. The van der Waals surface area contributed by atoms with E-state index in [1.165, 1.54) is 43.2 Å². The third kappa shape index (κ3) is 3.00. The lowest BCUT2D eigenvalue weighted by Gasteiger charge is -2.47. The van der Waals surface area contributed by atoms with Gasteiger partial charge in [-0.15, -0.1) is 11.3 Å². The van der Waals surface area contributed by atoms with Gasteiger partial charge in [-0.1, -0.05) is 13.3 Å². The molecular weight excluding hydrogens is 268 g/mol. The van der Waals surface area contributed by atoms with Crippen LogP contribution in [0.5, 0.6) is 0 Å². The lowest BCUT2D eigenvalue weighted by atomic mass is 9.97. The highest BCUT2D eigenvalue weighted by molar-refractivity contribution is 7.13. The van der Waals surface area contributed by atoms with E-state index in [1.54, 1.807) is 11.3 Å². The molecule has 2 atom stereocenters. The Morgan fingerprint density at radius 1 is 1.40 bits per heavy atom. The summed E-state index contributed by atoms with van der Waals surface area (Å²) >= 11 is 1.81. The molecule has 1 N–H and O–H groups in total. The number of piperazine rings is 1. The fourth-order valence-corrected chi connectivity index (χ4v) is 4.32. The predicted octanol–water partition coefficient (Wildman–Crippen LogP) is 2.32. The van der Waals surface area contributed by atoms with Crippen LogP contribution < -0.4 is 10.2 Å². The first-order valence-electron chi connectivity index (χ1n) is 7.93. The van der Waals surface area contributed by atoms with Gasteiger partial charge in [0.05, 0.1) is 5.69 Å². The fraction of sp³-hybridized carbons (Fsp3) is 0.800. The van der Waals surface area contributed by atoms with Gasteiger partial charge >= 0.3 is 0 Å². The number of aromatic nitrogens is 1. The molecule has 3 rings (SSSR count). The molecule has 0 spiro atoms. The highest BCUT2D eigenvalue weighted by Gasteiger charge is 2.33. The molecule has 0 aromatic carbocycles. The molecule has 2 saturated heterocycles. The fourth-order valence-electron chi connectivity index (χ4n) is 3.38. The standard InChI is InChI=1S/C15H26N4S/c1-3-16-8-13-11-20-15(17-13)19-10-14-6-4-5-7-18(14)9-12(19)2/h11-12,14,16H,3-10H2,1-2H3. The van der Waals surface area contributed by atoms with Crippen LogP contribution in [0.3, 0.4) is 0 Å². The number of hydrogen-bond donors (Lipinski definition) is 1. The molecule has 2 aliphatic rings. The number of fused-ring (bicyclic) bond motifs is 1. The SMILES string of the molecule is CCNCc1csc(N2CC3CCCCN3CC2C)n1. The maximum Gasteiger partial charge on any atom is 0.185 e. The van der Waals surface area contributed by atoms with Gasteiger partial charge < -0.3 is 10.2 Å². The molecule has 2 aliphatic heterocycles. The number of nitrogens with one attached hydrogen (secondary N) is 1. The maximum atomic E-state index is 4.82. The first kappa shape index (κ1) is 14.3. The van der Waals surface area contributed by atoms with Crippen LogP contribution in [0.25, 0.3) is 0 Å². The van der Waals surface area contributed by atoms with E-state index >= 15 is 0 Å². The second kappa shape index (κ2) is 6.41. The van der Waals surface area contributed by atoms with Crippen LogP contribution in [0.15, 0.2) is 5.38 Å². The number of rotatable bonds is 4. The zero-order valence-corrected chi connectivity index (χ0v) is 13.5. The molecule has 3 heterocycles. The molecule has 2 unspecified atom stereocenters. The van der Waals surface area contributed by atoms with Gasteiger partial charge in [-0.3, -0.25) is 4.90 Å². The van der Waals surface area contributed by atoms with Crippen molar-refractivity contribution >= 4 is 16.5 Å². The van der Waals surface area contributed by atoms with E-state index in [0.29, 0.717) is 6.04 Å². The van der Waals surface area contributed by atoms with E-state index in [2.05, 4.69) is 34.3 Å². The number of anilines is 1. The van der Waals surface area contributed by atoms with E-state index in [0.717, 1.165) is 25.7 Å². The van der Waals surface area contributed by atoms with E-state index in [1.807, 2.05) is 0 Å². The van der Waals surface area contributed by atoms with Crippen molar-refractivity contribution < 1.29 is 0 Å². The minimum absolute atomic E-state index is 0.586. The molecule has 0 radical (unpaired) electrons. The summed E-state index contributed by atoms with van der Waals surface area (Å²) in [6.07, 6.45) is 4.14. The number of piperidine rings is 1. The van der Waals surface area contributed by atoms with E-state index in [4.69, 9.17) is 4.98 Å². The lowest BCUT2D eigenvalue weighted by Crippen LogP contribution is -2.58. The van der Waals surface area contributed by atoms with Crippen molar-refractivity contribution in [2.75, 3.05) is 31.1 Å². The van der Waals surface area contributed by atoms with Gasteiger partial charge in [0.25, 0.3) is 0 Å². The van der Waals surface area contributed by atoms with Crippen LogP contribution in [0.4, 0.5) is 5.13 Å². The minimum Gasteiger partial charge on any atom is -0.343 e. The van der Waals surface area contributed by atoms with Gasteiger partial charge in [0, 0.05) is 37.1 Å². The quantitative estimate of drug-likeness (QED) is 0.923. The summed E-state index contributed by atoms with van der Waals surface area (Å²) in [5.74, 6) is 0. The van der Waals surface area contributed by atoms with Crippen LogP contribution in [-0.2, 0) is 6.54 Å².